The number of anilines is 1. The van der Waals surface area contributed by atoms with Crippen molar-refractivity contribution in [2.45, 2.75) is 19.5 Å². The summed E-state index contributed by atoms with van der Waals surface area (Å²) in [6.45, 7) is 4.30. The Morgan fingerprint density at radius 2 is 1.88 bits per heavy atom. The van der Waals surface area contributed by atoms with Gasteiger partial charge in [-0.15, -0.1) is 10.2 Å². The first-order valence-electron chi connectivity index (χ1n) is 5.39. The van der Waals surface area contributed by atoms with E-state index in [4.69, 9.17) is 0 Å². The quantitative estimate of drug-likeness (QED) is 0.755. The van der Waals surface area contributed by atoms with Crippen LogP contribution in [0, 0.1) is 0 Å². The molecule has 0 saturated heterocycles. The molecule has 1 aromatic heterocycles. The Bertz CT molecular complexity index is 323. The molecule has 0 unspecified atom stereocenters. The first kappa shape index (κ1) is 13.7. The summed E-state index contributed by atoms with van der Waals surface area (Å²) in [4.78, 5) is 0. The summed E-state index contributed by atoms with van der Waals surface area (Å²) in [7, 11) is 0. The summed E-state index contributed by atoms with van der Waals surface area (Å²) in [6.07, 6.45) is -3.39. The van der Waals surface area contributed by atoms with Crippen molar-refractivity contribution >= 4 is 5.82 Å². The molecule has 96 valence electrons. The second-order valence-corrected chi connectivity index (χ2v) is 3.48. The van der Waals surface area contributed by atoms with E-state index in [9.17, 15) is 13.2 Å². The second kappa shape index (κ2) is 6.39. The maximum atomic E-state index is 12.2. The minimum Gasteiger partial charge on any atom is -0.367 e. The van der Waals surface area contributed by atoms with Gasteiger partial charge in [-0.05, 0) is 25.1 Å². The summed E-state index contributed by atoms with van der Waals surface area (Å²) in [5.41, 5.74) is -0.979. The van der Waals surface area contributed by atoms with E-state index >= 15 is 0 Å². The van der Waals surface area contributed by atoms with Gasteiger partial charge in [0.25, 0.3) is 0 Å². The highest BCUT2D eigenvalue weighted by molar-refractivity contribution is 5.33. The van der Waals surface area contributed by atoms with E-state index in [-0.39, 0.29) is 0 Å². The molecule has 1 aromatic rings. The van der Waals surface area contributed by atoms with Crippen LogP contribution in [0.1, 0.15) is 19.0 Å². The molecule has 2 N–H and O–H groups in total. The summed E-state index contributed by atoms with van der Waals surface area (Å²) in [5, 5.41) is 12.6. The van der Waals surface area contributed by atoms with Crippen LogP contribution in [0.15, 0.2) is 12.1 Å². The van der Waals surface area contributed by atoms with E-state index in [1.165, 1.54) is 6.07 Å². The molecule has 0 aromatic carbocycles. The highest BCUT2D eigenvalue weighted by Gasteiger charge is 2.32. The maximum Gasteiger partial charge on any atom is 0.435 e. The number of nitrogens with zero attached hydrogens (tertiary/aromatic N) is 2. The smallest absolute Gasteiger partial charge is 0.367 e. The summed E-state index contributed by atoms with van der Waals surface area (Å²) in [6, 6.07) is 2.18. The summed E-state index contributed by atoms with van der Waals surface area (Å²) in [5.74, 6) is 0.344. The fourth-order valence-electron chi connectivity index (χ4n) is 1.16. The van der Waals surface area contributed by atoms with E-state index in [0.717, 1.165) is 25.6 Å². The zero-order valence-electron chi connectivity index (χ0n) is 9.51. The number of aromatic nitrogens is 2. The number of halogens is 3. The lowest BCUT2D eigenvalue weighted by atomic mass is 10.4. The Hall–Kier alpha value is -1.37. The van der Waals surface area contributed by atoms with Crippen molar-refractivity contribution in [2.75, 3.05) is 25.0 Å². The number of nitrogens with one attached hydrogen (secondary N) is 2. The van der Waals surface area contributed by atoms with Crippen LogP contribution in [0.2, 0.25) is 0 Å². The zero-order chi connectivity index (χ0) is 12.7. The Morgan fingerprint density at radius 1 is 1.12 bits per heavy atom. The van der Waals surface area contributed by atoms with Crippen LogP contribution in [-0.2, 0) is 6.18 Å². The van der Waals surface area contributed by atoms with Crippen molar-refractivity contribution in [1.82, 2.24) is 15.5 Å². The number of hydrogen-bond acceptors (Lipinski definition) is 4. The maximum absolute atomic E-state index is 12.2. The fraction of sp³-hybridized carbons (Fsp3) is 0.600. The van der Waals surface area contributed by atoms with Gasteiger partial charge >= 0.3 is 6.18 Å². The van der Waals surface area contributed by atoms with Gasteiger partial charge in [-0.2, -0.15) is 13.2 Å². The van der Waals surface area contributed by atoms with E-state index < -0.39 is 11.9 Å². The first-order chi connectivity index (χ1) is 8.04. The highest BCUT2D eigenvalue weighted by Crippen LogP contribution is 2.26. The van der Waals surface area contributed by atoms with E-state index in [2.05, 4.69) is 27.8 Å². The van der Waals surface area contributed by atoms with Crippen LogP contribution < -0.4 is 10.6 Å². The summed E-state index contributed by atoms with van der Waals surface area (Å²) < 4.78 is 36.5. The van der Waals surface area contributed by atoms with Crippen LogP contribution >= 0.6 is 0 Å². The standard InChI is InChI=1S/C10H15F3N4/c1-2-5-14-6-7-15-9-4-3-8(16-17-9)10(11,12)13/h3-4,14H,2,5-7H2,1H3,(H,15,17). The van der Waals surface area contributed by atoms with Gasteiger partial charge < -0.3 is 10.6 Å². The average molecular weight is 248 g/mol. The topological polar surface area (TPSA) is 49.8 Å². The van der Waals surface area contributed by atoms with Crippen molar-refractivity contribution < 1.29 is 13.2 Å². The molecule has 0 saturated carbocycles. The summed E-state index contributed by atoms with van der Waals surface area (Å²) >= 11 is 0. The molecule has 0 bridgehead atoms. The van der Waals surface area contributed by atoms with Crippen molar-refractivity contribution in [3.8, 4) is 0 Å². The van der Waals surface area contributed by atoms with Crippen LogP contribution in [-0.4, -0.2) is 29.8 Å². The van der Waals surface area contributed by atoms with Crippen LogP contribution in [0.5, 0.6) is 0 Å². The van der Waals surface area contributed by atoms with Gasteiger partial charge in [0.15, 0.2) is 5.69 Å². The second-order valence-electron chi connectivity index (χ2n) is 3.48. The van der Waals surface area contributed by atoms with Gasteiger partial charge in [0.2, 0.25) is 0 Å². The molecule has 17 heavy (non-hydrogen) atoms. The van der Waals surface area contributed by atoms with Gasteiger partial charge in [-0.3, -0.25) is 0 Å². The molecule has 0 spiro atoms. The first-order valence-corrected chi connectivity index (χ1v) is 5.39. The van der Waals surface area contributed by atoms with E-state index in [1.54, 1.807) is 0 Å². The molecule has 0 aliphatic rings. The lowest BCUT2D eigenvalue weighted by Crippen LogP contribution is -2.23. The Morgan fingerprint density at radius 3 is 2.41 bits per heavy atom. The Labute approximate surface area is 97.6 Å². The van der Waals surface area contributed by atoms with Crippen molar-refractivity contribution in [3.63, 3.8) is 0 Å². The van der Waals surface area contributed by atoms with Gasteiger partial charge in [-0.1, -0.05) is 6.92 Å². The molecule has 0 aliphatic carbocycles. The number of rotatable bonds is 6. The molecule has 7 heteroatoms. The molecule has 0 aliphatic heterocycles. The van der Waals surface area contributed by atoms with Gasteiger partial charge in [0.05, 0.1) is 0 Å². The average Bonchev–Trinajstić information content (AvgIpc) is 2.28. The van der Waals surface area contributed by atoms with E-state index in [1.807, 2.05) is 0 Å². The van der Waals surface area contributed by atoms with Gasteiger partial charge in [0.1, 0.15) is 5.82 Å². The molecule has 0 atom stereocenters. The molecule has 4 nitrogen and oxygen atoms in total. The normalized spacial score (nSPS) is 11.5. The largest absolute Gasteiger partial charge is 0.435 e. The lowest BCUT2D eigenvalue weighted by Gasteiger charge is -2.07. The highest BCUT2D eigenvalue weighted by atomic mass is 19.4. The molecule has 0 amide bonds. The van der Waals surface area contributed by atoms with Gasteiger partial charge in [-0.25, -0.2) is 0 Å². The minimum atomic E-state index is -4.44. The Kier molecular flexibility index (Phi) is 5.14. The number of hydrogen-bond donors (Lipinski definition) is 2. The van der Waals surface area contributed by atoms with Crippen molar-refractivity contribution in [1.29, 1.82) is 0 Å². The fourth-order valence-corrected chi connectivity index (χ4v) is 1.16. The lowest BCUT2D eigenvalue weighted by molar-refractivity contribution is -0.141. The Balaban J connectivity index is 2.36. The number of alkyl halides is 3. The van der Waals surface area contributed by atoms with Crippen LogP contribution in [0.3, 0.4) is 0 Å². The van der Waals surface area contributed by atoms with Crippen molar-refractivity contribution in [3.05, 3.63) is 17.8 Å². The molecule has 1 heterocycles. The molecule has 0 fully saturated rings. The minimum absolute atomic E-state index is 0.344. The predicted octanol–water partition coefficient (Wildman–Crippen LogP) is 1.91. The van der Waals surface area contributed by atoms with E-state index in [0.29, 0.717) is 12.4 Å². The van der Waals surface area contributed by atoms with Crippen LogP contribution in [0.4, 0.5) is 19.0 Å². The molecule has 1 rings (SSSR count). The van der Waals surface area contributed by atoms with Gasteiger partial charge in [0, 0.05) is 13.1 Å². The van der Waals surface area contributed by atoms with Crippen LogP contribution in [0.25, 0.3) is 0 Å². The third-order valence-corrected chi connectivity index (χ3v) is 1.99. The zero-order valence-corrected chi connectivity index (χ0v) is 9.51. The predicted molar refractivity (Wildman–Crippen MR) is 58.7 cm³/mol. The molecule has 0 radical (unpaired) electrons. The molecular weight excluding hydrogens is 233 g/mol. The molecular formula is C10H15F3N4. The third-order valence-electron chi connectivity index (χ3n) is 1.99. The SMILES string of the molecule is CCCNCCNc1ccc(C(F)(F)F)nn1. The third kappa shape index (κ3) is 4.99. The monoisotopic (exact) mass is 248 g/mol. The van der Waals surface area contributed by atoms with Crippen molar-refractivity contribution in [2.24, 2.45) is 0 Å².